The van der Waals surface area contributed by atoms with E-state index in [-0.39, 0.29) is 24.5 Å². The van der Waals surface area contributed by atoms with E-state index in [2.05, 4.69) is 46.6 Å². The van der Waals surface area contributed by atoms with Crippen LogP contribution in [0.15, 0.2) is 48.7 Å². The van der Waals surface area contributed by atoms with Crippen LogP contribution in [0.4, 0.5) is 0 Å². The molecule has 8 heteroatoms. The molecule has 3 aromatic rings. The molecule has 0 saturated carbocycles. The lowest BCUT2D eigenvalue weighted by molar-refractivity contribution is -0.140. The van der Waals surface area contributed by atoms with Crippen LogP contribution < -0.4 is 5.32 Å². The van der Waals surface area contributed by atoms with Crippen molar-refractivity contribution < 1.29 is 9.53 Å². The molecule has 2 atom stereocenters. The highest BCUT2D eigenvalue weighted by Gasteiger charge is 2.41. The van der Waals surface area contributed by atoms with Gasteiger partial charge in [0.05, 0.1) is 31.3 Å². The highest BCUT2D eigenvalue weighted by molar-refractivity contribution is 7.80. The van der Waals surface area contributed by atoms with E-state index in [1.807, 2.05) is 36.4 Å². The Morgan fingerprint density at radius 1 is 1.21 bits per heavy atom. The number of methoxy groups -OCH3 is 1. The third-order valence-corrected chi connectivity index (χ3v) is 6.77. The van der Waals surface area contributed by atoms with Crippen molar-refractivity contribution in [1.29, 1.82) is 0 Å². The minimum Gasteiger partial charge on any atom is -0.469 e. The van der Waals surface area contributed by atoms with Crippen LogP contribution in [0.3, 0.4) is 0 Å². The Kier molecular flexibility index (Phi) is 6.72. The maximum absolute atomic E-state index is 11.9. The second kappa shape index (κ2) is 9.53. The van der Waals surface area contributed by atoms with E-state index in [0.29, 0.717) is 16.7 Å². The van der Waals surface area contributed by atoms with Gasteiger partial charge in [-0.3, -0.25) is 9.78 Å². The molecule has 33 heavy (non-hydrogen) atoms. The first-order chi connectivity index (χ1) is 15.8. The van der Waals surface area contributed by atoms with Crippen LogP contribution in [-0.4, -0.2) is 39.2 Å². The first-order valence-corrected chi connectivity index (χ1v) is 11.6. The zero-order valence-electron chi connectivity index (χ0n) is 19.1. The summed E-state index contributed by atoms with van der Waals surface area (Å²) >= 11 is 12.0. The number of nitrogens with zero attached hydrogens (tertiary/aromatic N) is 3. The molecule has 0 aliphatic carbocycles. The maximum atomic E-state index is 11.9. The van der Waals surface area contributed by atoms with Crippen molar-refractivity contribution in [3.63, 3.8) is 0 Å². The molecule has 0 amide bonds. The van der Waals surface area contributed by atoms with Gasteiger partial charge in [0.15, 0.2) is 5.11 Å². The molecular weight excluding hydrogens is 456 g/mol. The molecule has 1 fully saturated rings. The van der Waals surface area contributed by atoms with Crippen LogP contribution in [0, 0.1) is 20.8 Å². The lowest BCUT2D eigenvalue weighted by Gasteiger charge is -2.28. The van der Waals surface area contributed by atoms with Gasteiger partial charge in [-0.25, -0.2) is 0 Å². The third kappa shape index (κ3) is 4.48. The average Bonchev–Trinajstić information content (AvgIpc) is 3.29. The molecule has 1 aliphatic heterocycles. The Balaban J connectivity index is 1.82. The van der Waals surface area contributed by atoms with Crippen LogP contribution in [-0.2, 0) is 9.53 Å². The topological polar surface area (TPSA) is 59.4 Å². The summed E-state index contributed by atoms with van der Waals surface area (Å²) in [5.41, 5.74) is 6.40. The standard InChI is InChI=1S/C25H27ClN4O2S/c1-15-8-9-18(26)14-21(15)30-16(2)13-19(17(30)3)24-23(20-7-5-6-11-27-20)28-25(33)29(24)12-10-22(31)32-4/h5-9,11,13-14,23-24H,10,12H2,1-4H3,(H,28,33)/t23-,24+/m1/s1. The Morgan fingerprint density at radius 2 is 2.00 bits per heavy atom. The van der Waals surface area contributed by atoms with Crippen LogP contribution in [0.2, 0.25) is 5.02 Å². The smallest absolute Gasteiger partial charge is 0.307 e. The molecule has 172 valence electrons. The number of benzene rings is 1. The highest BCUT2D eigenvalue weighted by Crippen LogP contribution is 2.41. The number of halogens is 1. The number of carbonyl (C=O) groups is 1. The number of hydrogen-bond acceptors (Lipinski definition) is 4. The summed E-state index contributed by atoms with van der Waals surface area (Å²) < 4.78 is 7.10. The van der Waals surface area contributed by atoms with Gasteiger partial charge in [0.2, 0.25) is 0 Å². The summed E-state index contributed by atoms with van der Waals surface area (Å²) in [6.45, 7) is 6.73. The quantitative estimate of drug-likeness (QED) is 0.394. The van der Waals surface area contributed by atoms with Crippen molar-refractivity contribution in [1.82, 2.24) is 19.8 Å². The summed E-state index contributed by atoms with van der Waals surface area (Å²) in [5.74, 6) is -0.266. The number of carbonyl (C=O) groups excluding carboxylic acids is 1. The molecule has 1 saturated heterocycles. The van der Waals surface area contributed by atoms with Crippen molar-refractivity contribution in [2.75, 3.05) is 13.7 Å². The lowest BCUT2D eigenvalue weighted by Crippen LogP contribution is -2.32. The molecule has 1 N–H and O–H groups in total. The number of rotatable bonds is 6. The van der Waals surface area contributed by atoms with Crippen LogP contribution >= 0.6 is 23.8 Å². The molecule has 2 aromatic heterocycles. The number of hydrogen-bond donors (Lipinski definition) is 1. The van der Waals surface area contributed by atoms with E-state index < -0.39 is 0 Å². The first kappa shape index (κ1) is 23.3. The summed E-state index contributed by atoms with van der Waals surface area (Å²) in [5, 5.41) is 4.73. The van der Waals surface area contributed by atoms with Crippen molar-refractivity contribution in [2.24, 2.45) is 0 Å². The molecule has 3 heterocycles. The van der Waals surface area contributed by atoms with Crippen LogP contribution in [0.25, 0.3) is 5.69 Å². The van der Waals surface area contributed by atoms with Crippen molar-refractivity contribution in [3.8, 4) is 5.69 Å². The van der Waals surface area contributed by atoms with Crippen molar-refractivity contribution in [3.05, 3.63) is 81.9 Å². The van der Waals surface area contributed by atoms with Crippen LogP contribution in [0.1, 0.15) is 46.7 Å². The van der Waals surface area contributed by atoms with Gasteiger partial charge in [0.25, 0.3) is 0 Å². The largest absolute Gasteiger partial charge is 0.469 e. The summed E-state index contributed by atoms with van der Waals surface area (Å²) in [6.07, 6.45) is 2.03. The minimum absolute atomic E-state index is 0.128. The van der Waals surface area contributed by atoms with Crippen LogP contribution in [0.5, 0.6) is 0 Å². The van der Waals surface area contributed by atoms with E-state index in [1.165, 1.54) is 7.11 Å². The number of esters is 1. The monoisotopic (exact) mass is 482 g/mol. The molecule has 0 unspecified atom stereocenters. The molecule has 0 bridgehead atoms. The van der Waals surface area contributed by atoms with Gasteiger partial charge in [0.1, 0.15) is 0 Å². The predicted octanol–water partition coefficient (Wildman–Crippen LogP) is 4.99. The molecule has 1 aliphatic rings. The molecule has 6 nitrogen and oxygen atoms in total. The summed E-state index contributed by atoms with van der Waals surface area (Å²) in [6, 6.07) is 13.7. The van der Waals surface area contributed by atoms with E-state index in [4.69, 9.17) is 28.6 Å². The number of aromatic nitrogens is 2. The summed E-state index contributed by atoms with van der Waals surface area (Å²) in [4.78, 5) is 18.6. The third-order valence-electron chi connectivity index (χ3n) is 6.18. The number of thiocarbonyl (C=S) groups is 1. The molecule has 4 rings (SSSR count). The number of aryl methyl sites for hydroxylation is 2. The Morgan fingerprint density at radius 3 is 2.70 bits per heavy atom. The Bertz CT molecular complexity index is 1190. The second-order valence-corrected chi connectivity index (χ2v) is 9.06. The molecule has 1 aromatic carbocycles. The first-order valence-electron chi connectivity index (χ1n) is 10.8. The van der Waals surface area contributed by atoms with Gasteiger partial charge in [-0.2, -0.15) is 0 Å². The normalized spacial score (nSPS) is 17.8. The van der Waals surface area contributed by atoms with Gasteiger partial charge in [-0.15, -0.1) is 0 Å². The van der Waals surface area contributed by atoms with E-state index in [1.54, 1.807) is 6.20 Å². The van der Waals surface area contributed by atoms with Gasteiger partial charge >= 0.3 is 5.97 Å². The van der Waals surface area contributed by atoms with Gasteiger partial charge in [-0.05, 0) is 74.4 Å². The van der Waals surface area contributed by atoms with Gasteiger partial charge < -0.3 is 19.5 Å². The number of ether oxygens (including phenoxy) is 1. The number of pyridine rings is 1. The fourth-order valence-electron chi connectivity index (χ4n) is 4.58. The van der Waals surface area contributed by atoms with E-state index in [0.717, 1.165) is 33.9 Å². The van der Waals surface area contributed by atoms with E-state index in [9.17, 15) is 4.79 Å². The summed E-state index contributed by atoms with van der Waals surface area (Å²) in [7, 11) is 1.40. The van der Waals surface area contributed by atoms with Crippen molar-refractivity contribution in [2.45, 2.75) is 39.3 Å². The average molecular weight is 483 g/mol. The molecular formula is C25H27ClN4O2S. The Labute approximate surface area is 204 Å². The van der Waals surface area contributed by atoms with E-state index >= 15 is 0 Å². The molecule has 0 spiro atoms. The predicted molar refractivity (Wildman–Crippen MR) is 134 cm³/mol. The SMILES string of the molecule is COC(=O)CCN1C(=S)N[C@H](c2ccccn2)[C@@H]1c1cc(C)n(-c2cc(Cl)ccc2C)c1C. The van der Waals surface area contributed by atoms with Gasteiger partial charge in [0, 0.05) is 34.8 Å². The Hall–Kier alpha value is -2.90. The zero-order chi connectivity index (χ0) is 23.7. The number of nitrogens with one attached hydrogen (secondary N) is 1. The fraction of sp³-hybridized carbons (Fsp3) is 0.320. The van der Waals surface area contributed by atoms with Crippen molar-refractivity contribution >= 4 is 34.9 Å². The second-order valence-electron chi connectivity index (χ2n) is 8.24. The fourth-order valence-corrected chi connectivity index (χ4v) is 5.08. The zero-order valence-corrected chi connectivity index (χ0v) is 20.7. The lowest BCUT2D eigenvalue weighted by atomic mass is 9.96. The minimum atomic E-state index is -0.266. The molecule has 0 radical (unpaired) electrons. The highest BCUT2D eigenvalue weighted by atomic mass is 35.5. The maximum Gasteiger partial charge on any atom is 0.307 e. The van der Waals surface area contributed by atoms with Gasteiger partial charge in [-0.1, -0.05) is 23.7 Å².